The molecule has 2 aliphatic carbocycles. The Kier molecular flexibility index (Phi) is 3.10. The number of carboxylic acid groups (broad SMARTS) is 1. The Balaban J connectivity index is 1.84. The molecule has 0 amide bonds. The van der Waals surface area contributed by atoms with E-state index in [0.717, 1.165) is 25.7 Å². The molecule has 1 N–H and O–H groups in total. The second-order valence-corrected chi connectivity index (χ2v) is 8.54. The molecule has 2 unspecified atom stereocenters. The molecule has 0 bridgehead atoms. The van der Waals surface area contributed by atoms with Crippen LogP contribution < -0.4 is 0 Å². The quantitative estimate of drug-likeness (QED) is 0.817. The van der Waals surface area contributed by atoms with E-state index in [9.17, 15) is 18.3 Å². The van der Waals surface area contributed by atoms with Crippen LogP contribution in [0.3, 0.4) is 0 Å². The van der Waals surface area contributed by atoms with Crippen LogP contribution in [0.1, 0.15) is 25.7 Å². The molecule has 1 saturated heterocycles. The number of sulfonamides is 1. The van der Waals surface area contributed by atoms with Gasteiger partial charge in [-0.25, -0.2) is 8.42 Å². The van der Waals surface area contributed by atoms with Gasteiger partial charge in [-0.2, -0.15) is 4.31 Å². The first-order valence-electron chi connectivity index (χ1n) is 6.34. The van der Waals surface area contributed by atoms with Gasteiger partial charge in [-0.3, -0.25) is 4.79 Å². The van der Waals surface area contributed by atoms with Crippen molar-refractivity contribution in [2.75, 3.05) is 11.5 Å². The maximum absolute atomic E-state index is 12.4. The van der Waals surface area contributed by atoms with E-state index < -0.39 is 22.0 Å². The van der Waals surface area contributed by atoms with Gasteiger partial charge in [-0.1, -0.05) is 0 Å². The molecule has 1 aliphatic heterocycles. The molecule has 5 nitrogen and oxygen atoms in total. The molecule has 3 aliphatic rings. The zero-order valence-electron chi connectivity index (χ0n) is 9.99. The van der Waals surface area contributed by atoms with E-state index in [1.807, 2.05) is 0 Å². The highest BCUT2D eigenvalue weighted by Gasteiger charge is 2.51. The van der Waals surface area contributed by atoms with Gasteiger partial charge in [-0.15, -0.1) is 11.8 Å². The van der Waals surface area contributed by atoms with Gasteiger partial charge >= 0.3 is 5.97 Å². The van der Waals surface area contributed by atoms with Crippen molar-refractivity contribution in [2.24, 2.45) is 11.8 Å². The Hall–Kier alpha value is -0.270. The summed E-state index contributed by atoms with van der Waals surface area (Å²) in [6.07, 6.45) is 3.98. The van der Waals surface area contributed by atoms with Crippen molar-refractivity contribution >= 4 is 27.8 Å². The van der Waals surface area contributed by atoms with Crippen molar-refractivity contribution in [3.05, 3.63) is 0 Å². The number of hydrogen-bond acceptors (Lipinski definition) is 4. The highest BCUT2D eigenvalue weighted by Crippen LogP contribution is 2.47. The summed E-state index contributed by atoms with van der Waals surface area (Å²) in [5.74, 6) is 0.147. The van der Waals surface area contributed by atoms with Gasteiger partial charge in [0.2, 0.25) is 10.0 Å². The highest BCUT2D eigenvalue weighted by atomic mass is 32.2. The monoisotopic (exact) mass is 291 g/mol. The fourth-order valence-corrected chi connectivity index (χ4v) is 6.77. The topological polar surface area (TPSA) is 74.7 Å². The Morgan fingerprint density at radius 3 is 2.44 bits per heavy atom. The summed E-state index contributed by atoms with van der Waals surface area (Å²) in [6.45, 7) is 0. The van der Waals surface area contributed by atoms with Gasteiger partial charge in [0.1, 0.15) is 6.04 Å². The Bertz CT molecular complexity index is 456. The molecule has 102 valence electrons. The molecule has 2 saturated carbocycles. The summed E-state index contributed by atoms with van der Waals surface area (Å²) >= 11 is 1.50. The van der Waals surface area contributed by atoms with E-state index in [-0.39, 0.29) is 17.0 Å². The molecule has 0 aromatic rings. The summed E-state index contributed by atoms with van der Waals surface area (Å²) in [6, 6.07) is -0.857. The normalized spacial score (nSPS) is 33.8. The average Bonchev–Trinajstić information content (AvgIpc) is 3.19. The predicted molar refractivity (Wildman–Crippen MR) is 68.7 cm³/mol. The number of hydrogen-bond donors (Lipinski definition) is 1. The van der Waals surface area contributed by atoms with Crippen LogP contribution in [0, 0.1) is 11.8 Å². The molecular formula is C11H17NO4S2. The zero-order chi connectivity index (χ0) is 12.9. The number of carbonyl (C=O) groups is 1. The molecule has 3 fully saturated rings. The van der Waals surface area contributed by atoms with E-state index in [1.54, 1.807) is 0 Å². The molecule has 1 heterocycles. The van der Waals surface area contributed by atoms with Gasteiger partial charge in [0.05, 0.1) is 11.1 Å². The molecule has 0 spiro atoms. The lowest BCUT2D eigenvalue weighted by atomic mass is 10.3. The lowest BCUT2D eigenvalue weighted by molar-refractivity contribution is -0.140. The first kappa shape index (κ1) is 12.7. The molecule has 3 rings (SSSR count). The van der Waals surface area contributed by atoms with Crippen LogP contribution in [0.15, 0.2) is 0 Å². The van der Waals surface area contributed by atoms with E-state index in [1.165, 1.54) is 16.1 Å². The fourth-order valence-electron chi connectivity index (χ4n) is 2.44. The van der Waals surface area contributed by atoms with Crippen LogP contribution in [0.25, 0.3) is 0 Å². The maximum Gasteiger partial charge on any atom is 0.322 e. The van der Waals surface area contributed by atoms with Crippen molar-refractivity contribution < 1.29 is 18.3 Å². The number of thioether (sulfide) groups is 1. The number of nitrogens with zero attached hydrogens (tertiary/aromatic N) is 1. The molecule has 0 aromatic carbocycles. The van der Waals surface area contributed by atoms with Crippen LogP contribution >= 0.6 is 11.8 Å². The van der Waals surface area contributed by atoms with Crippen LogP contribution in [-0.4, -0.2) is 46.7 Å². The number of carboxylic acids is 1. The third-order valence-corrected chi connectivity index (χ3v) is 7.37. The standard InChI is InChI=1S/C11H17NO4S2/c13-11(14)9-5-17-10(8-3-4-8)12(9)18(15,16)6-7-1-2-7/h7-10H,1-6H2,(H,13,14). The lowest BCUT2D eigenvalue weighted by Crippen LogP contribution is -2.47. The molecule has 0 radical (unpaired) electrons. The Labute approximate surface area is 111 Å². The van der Waals surface area contributed by atoms with E-state index >= 15 is 0 Å². The van der Waals surface area contributed by atoms with Crippen molar-refractivity contribution in [2.45, 2.75) is 37.1 Å². The van der Waals surface area contributed by atoms with E-state index in [4.69, 9.17) is 0 Å². The Morgan fingerprint density at radius 2 is 1.94 bits per heavy atom. The van der Waals surface area contributed by atoms with Crippen molar-refractivity contribution in [3.63, 3.8) is 0 Å². The largest absolute Gasteiger partial charge is 0.480 e. The smallest absolute Gasteiger partial charge is 0.322 e. The molecular weight excluding hydrogens is 274 g/mol. The SMILES string of the molecule is O=C(O)C1CSC(C2CC2)N1S(=O)(=O)CC1CC1. The summed E-state index contributed by atoms with van der Waals surface area (Å²) in [5, 5.41) is 9.07. The van der Waals surface area contributed by atoms with Gasteiger partial charge < -0.3 is 5.11 Å². The third-order valence-electron chi connectivity index (χ3n) is 3.76. The third kappa shape index (κ3) is 2.40. The van der Waals surface area contributed by atoms with Crippen LogP contribution in [-0.2, 0) is 14.8 Å². The minimum absolute atomic E-state index is 0.130. The molecule has 7 heteroatoms. The fraction of sp³-hybridized carbons (Fsp3) is 0.909. The summed E-state index contributed by atoms with van der Waals surface area (Å²) in [7, 11) is -3.41. The van der Waals surface area contributed by atoms with E-state index in [0.29, 0.717) is 11.7 Å². The van der Waals surface area contributed by atoms with Crippen molar-refractivity contribution in [1.29, 1.82) is 0 Å². The maximum atomic E-state index is 12.4. The lowest BCUT2D eigenvalue weighted by Gasteiger charge is -2.26. The zero-order valence-corrected chi connectivity index (χ0v) is 11.6. The molecule has 2 atom stereocenters. The highest BCUT2D eigenvalue weighted by molar-refractivity contribution is 8.01. The summed E-state index contributed by atoms with van der Waals surface area (Å²) in [5.41, 5.74) is 0. The first-order chi connectivity index (χ1) is 8.49. The summed E-state index contributed by atoms with van der Waals surface area (Å²) in [4.78, 5) is 11.2. The second kappa shape index (κ2) is 4.38. The van der Waals surface area contributed by atoms with Crippen molar-refractivity contribution in [1.82, 2.24) is 4.31 Å². The summed E-state index contributed by atoms with van der Waals surface area (Å²) < 4.78 is 26.1. The minimum atomic E-state index is -3.41. The van der Waals surface area contributed by atoms with Crippen molar-refractivity contribution in [3.8, 4) is 0 Å². The predicted octanol–water partition coefficient (Wildman–Crippen LogP) is 0.964. The van der Waals surface area contributed by atoms with Gasteiger partial charge in [0, 0.05) is 5.75 Å². The van der Waals surface area contributed by atoms with Crippen LogP contribution in [0.2, 0.25) is 0 Å². The molecule has 18 heavy (non-hydrogen) atoms. The van der Waals surface area contributed by atoms with Gasteiger partial charge in [0.25, 0.3) is 0 Å². The van der Waals surface area contributed by atoms with Gasteiger partial charge in [-0.05, 0) is 37.5 Å². The Morgan fingerprint density at radius 1 is 1.28 bits per heavy atom. The first-order valence-corrected chi connectivity index (χ1v) is 9.00. The number of aliphatic carboxylic acids is 1. The average molecular weight is 291 g/mol. The minimum Gasteiger partial charge on any atom is -0.480 e. The van der Waals surface area contributed by atoms with E-state index in [2.05, 4.69) is 0 Å². The van der Waals surface area contributed by atoms with Gasteiger partial charge in [0.15, 0.2) is 0 Å². The van der Waals surface area contributed by atoms with Crippen LogP contribution in [0.4, 0.5) is 0 Å². The van der Waals surface area contributed by atoms with Crippen LogP contribution in [0.5, 0.6) is 0 Å². The molecule has 0 aromatic heterocycles. The second-order valence-electron chi connectivity index (χ2n) is 5.47. The number of rotatable bonds is 5.